The Morgan fingerprint density at radius 3 is 2.69 bits per heavy atom. The molecule has 13 heavy (non-hydrogen) atoms. The van der Waals surface area contributed by atoms with Crippen molar-refractivity contribution in [2.45, 2.75) is 45.8 Å². The monoisotopic (exact) mass is 186 g/mol. The first-order valence-corrected chi connectivity index (χ1v) is 4.88. The van der Waals surface area contributed by atoms with Crippen molar-refractivity contribution in [1.29, 1.82) is 0 Å². The van der Waals surface area contributed by atoms with Crippen molar-refractivity contribution in [2.75, 3.05) is 6.61 Å². The first-order valence-electron chi connectivity index (χ1n) is 4.88. The Morgan fingerprint density at radius 2 is 2.23 bits per heavy atom. The summed E-state index contributed by atoms with van der Waals surface area (Å²) in [5.41, 5.74) is 0. The zero-order valence-corrected chi connectivity index (χ0v) is 8.58. The van der Waals surface area contributed by atoms with Crippen molar-refractivity contribution in [3.05, 3.63) is 0 Å². The van der Waals surface area contributed by atoms with E-state index in [-0.39, 0.29) is 12.1 Å². The van der Waals surface area contributed by atoms with Gasteiger partial charge in [0.05, 0.1) is 12.2 Å². The van der Waals surface area contributed by atoms with Gasteiger partial charge in [0.1, 0.15) is 6.61 Å². The van der Waals surface area contributed by atoms with Crippen molar-refractivity contribution in [2.24, 2.45) is 5.92 Å². The van der Waals surface area contributed by atoms with Crippen molar-refractivity contribution in [1.82, 2.24) is 0 Å². The van der Waals surface area contributed by atoms with Crippen LogP contribution in [-0.4, -0.2) is 24.8 Å². The maximum atomic E-state index is 10.5. The quantitative estimate of drug-likeness (QED) is 0.630. The molecule has 0 radical (unpaired) electrons. The number of rotatable bonds is 3. The van der Waals surface area contributed by atoms with Gasteiger partial charge in [-0.05, 0) is 18.8 Å². The highest BCUT2D eigenvalue weighted by Crippen LogP contribution is 2.25. The maximum absolute atomic E-state index is 10.5. The third kappa shape index (κ3) is 3.35. The van der Waals surface area contributed by atoms with E-state index in [1.807, 2.05) is 0 Å². The molecule has 0 N–H and O–H groups in total. The lowest BCUT2D eigenvalue weighted by Gasteiger charge is -2.16. The van der Waals surface area contributed by atoms with E-state index < -0.39 is 0 Å². The maximum Gasteiger partial charge on any atom is 0.302 e. The lowest BCUT2D eigenvalue weighted by molar-refractivity contribution is -0.145. The van der Waals surface area contributed by atoms with Gasteiger partial charge in [-0.3, -0.25) is 4.79 Å². The summed E-state index contributed by atoms with van der Waals surface area (Å²) in [7, 11) is 0. The van der Waals surface area contributed by atoms with Gasteiger partial charge >= 0.3 is 5.97 Å². The van der Waals surface area contributed by atoms with Gasteiger partial charge in [0.25, 0.3) is 0 Å². The predicted octanol–water partition coefficient (Wildman–Crippen LogP) is 1.75. The third-order valence-electron chi connectivity index (χ3n) is 2.36. The fourth-order valence-electron chi connectivity index (χ4n) is 1.56. The SMILES string of the molecule is CC(=O)OCC1CCC(C(C)C)O1. The fourth-order valence-corrected chi connectivity index (χ4v) is 1.56. The zero-order valence-electron chi connectivity index (χ0n) is 8.58. The van der Waals surface area contributed by atoms with Crippen LogP contribution in [0.1, 0.15) is 33.6 Å². The zero-order chi connectivity index (χ0) is 9.84. The van der Waals surface area contributed by atoms with Crippen LogP contribution >= 0.6 is 0 Å². The van der Waals surface area contributed by atoms with E-state index in [1.54, 1.807) is 0 Å². The molecular weight excluding hydrogens is 168 g/mol. The Labute approximate surface area is 79.4 Å². The number of hydrogen-bond donors (Lipinski definition) is 0. The highest BCUT2D eigenvalue weighted by molar-refractivity contribution is 5.65. The molecule has 76 valence electrons. The first-order chi connectivity index (χ1) is 6.09. The van der Waals surface area contributed by atoms with Crippen LogP contribution in [0.2, 0.25) is 0 Å². The van der Waals surface area contributed by atoms with Gasteiger partial charge < -0.3 is 9.47 Å². The van der Waals surface area contributed by atoms with Gasteiger partial charge in [-0.2, -0.15) is 0 Å². The van der Waals surface area contributed by atoms with Crippen molar-refractivity contribution < 1.29 is 14.3 Å². The van der Waals surface area contributed by atoms with E-state index in [4.69, 9.17) is 9.47 Å². The number of carbonyl (C=O) groups is 1. The molecule has 1 fully saturated rings. The van der Waals surface area contributed by atoms with Crippen LogP contribution in [0, 0.1) is 5.92 Å². The summed E-state index contributed by atoms with van der Waals surface area (Å²) < 4.78 is 10.6. The normalized spacial score (nSPS) is 28.0. The van der Waals surface area contributed by atoms with Crippen molar-refractivity contribution in [3.63, 3.8) is 0 Å². The topological polar surface area (TPSA) is 35.5 Å². The van der Waals surface area contributed by atoms with E-state index in [0.29, 0.717) is 18.6 Å². The molecule has 1 saturated heterocycles. The molecule has 0 spiro atoms. The summed E-state index contributed by atoms with van der Waals surface area (Å²) in [6, 6.07) is 0. The molecular formula is C10H18O3. The van der Waals surface area contributed by atoms with E-state index in [0.717, 1.165) is 12.8 Å². The minimum atomic E-state index is -0.225. The summed E-state index contributed by atoms with van der Waals surface area (Å²) in [6.45, 7) is 6.14. The number of ether oxygens (including phenoxy) is 2. The Balaban J connectivity index is 2.21. The second kappa shape index (κ2) is 4.61. The second-order valence-electron chi connectivity index (χ2n) is 3.92. The molecule has 1 heterocycles. The van der Waals surface area contributed by atoms with Crippen molar-refractivity contribution >= 4 is 5.97 Å². The smallest absolute Gasteiger partial charge is 0.302 e. The number of carbonyl (C=O) groups excluding carboxylic acids is 1. The van der Waals surface area contributed by atoms with E-state index in [9.17, 15) is 4.79 Å². The van der Waals surface area contributed by atoms with Crippen LogP contribution in [0.5, 0.6) is 0 Å². The van der Waals surface area contributed by atoms with E-state index in [1.165, 1.54) is 6.92 Å². The Hall–Kier alpha value is -0.570. The van der Waals surface area contributed by atoms with Crippen LogP contribution in [-0.2, 0) is 14.3 Å². The molecule has 2 atom stereocenters. The average Bonchev–Trinajstić information content (AvgIpc) is 2.48. The minimum Gasteiger partial charge on any atom is -0.463 e. The highest BCUT2D eigenvalue weighted by Gasteiger charge is 2.27. The van der Waals surface area contributed by atoms with Crippen LogP contribution < -0.4 is 0 Å². The van der Waals surface area contributed by atoms with Crippen LogP contribution in [0.3, 0.4) is 0 Å². The lowest BCUT2D eigenvalue weighted by Crippen LogP contribution is -2.21. The molecule has 0 aromatic heterocycles. The molecule has 0 saturated carbocycles. The summed E-state index contributed by atoms with van der Waals surface area (Å²) >= 11 is 0. The Morgan fingerprint density at radius 1 is 1.54 bits per heavy atom. The van der Waals surface area contributed by atoms with Gasteiger partial charge in [-0.25, -0.2) is 0 Å². The predicted molar refractivity (Wildman–Crippen MR) is 49.4 cm³/mol. The average molecular weight is 186 g/mol. The first kappa shape index (κ1) is 10.5. The number of esters is 1. The van der Waals surface area contributed by atoms with Crippen LogP contribution in [0.4, 0.5) is 0 Å². The van der Waals surface area contributed by atoms with Gasteiger partial charge in [-0.15, -0.1) is 0 Å². The third-order valence-corrected chi connectivity index (χ3v) is 2.36. The summed E-state index contributed by atoms with van der Waals surface area (Å²) in [6.07, 6.45) is 2.57. The van der Waals surface area contributed by atoms with Gasteiger partial charge in [0.15, 0.2) is 0 Å². The van der Waals surface area contributed by atoms with Gasteiger partial charge in [0, 0.05) is 6.92 Å². The minimum absolute atomic E-state index is 0.122. The Kier molecular flexibility index (Phi) is 3.72. The molecule has 1 aliphatic rings. The summed E-state index contributed by atoms with van der Waals surface area (Å²) in [5.74, 6) is 0.332. The molecule has 1 aliphatic heterocycles. The molecule has 0 aliphatic carbocycles. The van der Waals surface area contributed by atoms with Gasteiger partial charge in [-0.1, -0.05) is 13.8 Å². The molecule has 3 heteroatoms. The molecule has 0 bridgehead atoms. The molecule has 3 nitrogen and oxygen atoms in total. The fraction of sp³-hybridized carbons (Fsp3) is 0.900. The highest BCUT2D eigenvalue weighted by atomic mass is 16.6. The Bertz CT molecular complexity index is 177. The van der Waals surface area contributed by atoms with E-state index in [2.05, 4.69) is 13.8 Å². The van der Waals surface area contributed by atoms with Gasteiger partial charge in [0.2, 0.25) is 0 Å². The van der Waals surface area contributed by atoms with Crippen molar-refractivity contribution in [3.8, 4) is 0 Å². The lowest BCUT2D eigenvalue weighted by atomic mass is 10.0. The largest absolute Gasteiger partial charge is 0.463 e. The molecule has 0 aromatic carbocycles. The molecule has 0 amide bonds. The summed E-state index contributed by atoms with van der Waals surface area (Å²) in [4.78, 5) is 10.5. The van der Waals surface area contributed by atoms with Crippen LogP contribution in [0.25, 0.3) is 0 Å². The van der Waals surface area contributed by atoms with E-state index >= 15 is 0 Å². The molecule has 1 rings (SSSR count). The molecule has 0 aromatic rings. The standard InChI is InChI=1S/C10H18O3/c1-7(2)10-5-4-9(13-10)6-12-8(3)11/h7,9-10H,4-6H2,1-3H3. The second-order valence-corrected chi connectivity index (χ2v) is 3.92. The van der Waals surface area contributed by atoms with Crippen LogP contribution in [0.15, 0.2) is 0 Å². The number of hydrogen-bond acceptors (Lipinski definition) is 3. The molecule has 2 unspecified atom stereocenters. The summed E-state index contributed by atoms with van der Waals surface area (Å²) in [5, 5.41) is 0.